The highest BCUT2D eigenvalue weighted by atomic mass is 16.5. The molecule has 8 heteroatoms. The van der Waals surface area contributed by atoms with Crippen LogP contribution in [0.3, 0.4) is 0 Å². The van der Waals surface area contributed by atoms with E-state index in [1.807, 2.05) is 24.3 Å². The van der Waals surface area contributed by atoms with Crippen LogP contribution >= 0.6 is 0 Å². The molecule has 0 spiro atoms. The van der Waals surface area contributed by atoms with Gasteiger partial charge in [-0.1, -0.05) is 18.6 Å². The van der Waals surface area contributed by atoms with Crippen LogP contribution in [0.1, 0.15) is 31.2 Å². The molecular weight excluding hydrogens is 364 g/mol. The normalized spacial score (nSPS) is 19.9. The lowest BCUT2D eigenvalue weighted by atomic mass is 9.86. The summed E-state index contributed by atoms with van der Waals surface area (Å²) in [4.78, 5) is 48.7. The molecule has 2 amide bonds. The number of Topliss-reactive ketones (excluding diaryl/α,β-unsaturated/α-hetero) is 1. The number of likely N-dealkylation sites (tertiary alicyclic amines) is 1. The lowest BCUT2D eigenvalue weighted by molar-refractivity contribution is -0.152. The van der Waals surface area contributed by atoms with Gasteiger partial charge in [0.25, 0.3) is 0 Å². The van der Waals surface area contributed by atoms with Gasteiger partial charge in [0.1, 0.15) is 12.3 Å². The Morgan fingerprint density at radius 1 is 1.18 bits per heavy atom. The fourth-order valence-electron chi connectivity index (χ4n) is 3.29. The summed E-state index contributed by atoms with van der Waals surface area (Å²) in [7, 11) is 0. The molecule has 1 aliphatic carbocycles. The zero-order valence-electron chi connectivity index (χ0n) is 15.6. The highest BCUT2D eigenvalue weighted by Crippen LogP contribution is 2.27. The number of carbonyl (C=O) groups excluding carboxylic acids is 3. The van der Waals surface area contributed by atoms with E-state index >= 15 is 0 Å². The van der Waals surface area contributed by atoms with Crippen LogP contribution in [0.25, 0.3) is 0 Å². The molecule has 2 fully saturated rings. The van der Waals surface area contributed by atoms with Gasteiger partial charge in [0, 0.05) is 19.5 Å². The standard InChI is InChI=1S/C20H24N2O6/c23-16-8-9-22(20(27)18(16)19(26)21-10-17(24)25)11-13-4-6-15(7-5-13)28-12-14-2-1-3-14/h4-7,14,18H,1-3,8-12H2,(H,21,26)(H,24,25). The first-order valence-electron chi connectivity index (χ1n) is 9.47. The quantitative estimate of drug-likeness (QED) is 0.642. The van der Waals surface area contributed by atoms with Crippen LogP contribution < -0.4 is 10.1 Å². The SMILES string of the molecule is O=C(O)CNC(=O)C1C(=O)CCN(Cc2ccc(OCC3CCC3)cc2)C1=O. The van der Waals surface area contributed by atoms with Crippen molar-refractivity contribution in [3.63, 3.8) is 0 Å². The Balaban J connectivity index is 1.56. The maximum Gasteiger partial charge on any atom is 0.322 e. The Labute approximate surface area is 162 Å². The second-order valence-electron chi connectivity index (χ2n) is 7.27. The third-order valence-electron chi connectivity index (χ3n) is 5.19. The second kappa shape index (κ2) is 8.86. The number of benzene rings is 1. The second-order valence-corrected chi connectivity index (χ2v) is 7.27. The van der Waals surface area contributed by atoms with Crippen molar-refractivity contribution in [3.05, 3.63) is 29.8 Å². The van der Waals surface area contributed by atoms with Crippen LogP contribution in [0.2, 0.25) is 0 Å². The van der Waals surface area contributed by atoms with Crippen molar-refractivity contribution < 1.29 is 29.0 Å². The van der Waals surface area contributed by atoms with Crippen LogP contribution in [-0.4, -0.2) is 53.3 Å². The van der Waals surface area contributed by atoms with Gasteiger partial charge < -0.3 is 20.1 Å². The molecule has 8 nitrogen and oxygen atoms in total. The van der Waals surface area contributed by atoms with E-state index in [-0.39, 0.29) is 19.5 Å². The number of rotatable bonds is 8. The minimum absolute atomic E-state index is 0.0689. The molecule has 2 N–H and O–H groups in total. The van der Waals surface area contributed by atoms with Gasteiger partial charge in [-0.25, -0.2) is 0 Å². The number of nitrogens with one attached hydrogen (secondary N) is 1. The minimum atomic E-state index is -1.47. The summed E-state index contributed by atoms with van der Waals surface area (Å²) in [6, 6.07) is 7.42. The smallest absolute Gasteiger partial charge is 0.322 e. The van der Waals surface area contributed by atoms with Gasteiger partial charge in [0.05, 0.1) is 6.61 Å². The van der Waals surface area contributed by atoms with Gasteiger partial charge in [-0.15, -0.1) is 0 Å². The zero-order valence-corrected chi connectivity index (χ0v) is 15.6. The van der Waals surface area contributed by atoms with Gasteiger partial charge in [0.15, 0.2) is 11.7 Å². The minimum Gasteiger partial charge on any atom is -0.493 e. The highest BCUT2D eigenvalue weighted by molar-refractivity contribution is 6.19. The number of hydrogen-bond acceptors (Lipinski definition) is 5. The maximum atomic E-state index is 12.6. The Morgan fingerprint density at radius 3 is 2.50 bits per heavy atom. The molecule has 1 unspecified atom stereocenters. The van der Waals surface area contributed by atoms with Crippen LogP contribution in [0, 0.1) is 11.8 Å². The van der Waals surface area contributed by atoms with Crippen LogP contribution in [0.15, 0.2) is 24.3 Å². The predicted molar refractivity (Wildman–Crippen MR) is 98.5 cm³/mol. The summed E-state index contributed by atoms with van der Waals surface area (Å²) in [5.41, 5.74) is 0.864. The molecule has 1 atom stereocenters. The van der Waals surface area contributed by atoms with Crippen molar-refractivity contribution in [1.29, 1.82) is 0 Å². The van der Waals surface area contributed by atoms with E-state index in [2.05, 4.69) is 5.32 Å². The number of ketones is 1. The number of carboxylic acid groups (broad SMARTS) is 1. The fraction of sp³-hybridized carbons (Fsp3) is 0.500. The molecule has 0 aromatic heterocycles. The fourth-order valence-corrected chi connectivity index (χ4v) is 3.29. The van der Waals surface area contributed by atoms with Gasteiger partial charge in [-0.2, -0.15) is 0 Å². The number of amides is 2. The molecule has 28 heavy (non-hydrogen) atoms. The number of aliphatic carboxylic acids is 1. The first-order valence-corrected chi connectivity index (χ1v) is 9.47. The summed E-state index contributed by atoms with van der Waals surface area (Å²) < 4.78 is 5.76. The van der Waals surface area contributed by atoms with E-state index < -0.39 is 36.0 Å². The van der Waals surface area contributed by atoms with Gasteiger partial charge >= 0.3 is 5.97 Å². The molecule has 1 aliphatic heterocycles. The molecule has 0 radical (unpaired) electrons. The molecule has 150 valence electrons. The van der Waals surface area contributed by atoms with Crippen molar-refractivity contribution in [2.45, 2.75) is 32.2 Å². The molecule has 1 heterocycles. The van der Waals surface area contributed by atoms with E-state index in [1.165, 1.54) is 24.2 Å². The molecule has 2 aliphatic rings. The van der Waals surface area contributed by atoms with E-state index in [0.29, 0.717) is 5.92 Å². The number of carbonyl (C=O) groups is 4. The third kappa shape index (κ3) is 4.88. The van der Waals surface area contributed by atoms with Crippen LogP contribution in [0.4, 0.5) is 0 Å². The molecule has 0 bridgehead atoms. The van der Waals surface area contributed by atoms with E-state index in [9.17, 15) is 19.2 Å². The molecule has 1 saturated heterocycles. The lowest BCUT2D eigenvalue weighted by Crippen LogP contribution is -2.52. The number of hydrogen-bond donors (Lipinski definition) is 2. The first-order chi connectivity index (χ1) is 13.4. The van der Waals surface area contributed by atoms with E-state index in [1.54, 1.807) is 0 Å². The summed E-state index contributed by atoms with van der Waals surface area (Å²) in [5.74, 6) is -3.22. The summed E-state index contributed by atoms with van der Waals surface area (Å²) >= 11 is 0. The van der Waals surface area contributed by atoms with Crippen molar-refractivity contribution in [2.24, 2.45) is 11.8 Å². The van der Waals surface area contributed by atoms with Crippen molar-refractivity contribution in [2.75, 3.05) is 19.7 Å². The third-order valence-corrected chi connectivity index (χ3v) is 5.19. The number of carboxylic acids is 1. The number of ether oxygens (including phenoxy) is 1. The van der Waals surface area contributed by atoms with E-state index in [4.69, 9.17) is 9.84 Å². The monoisotopic (exact) mass is 388 g/mol. The molecule has 3 rings (SSSR count). The van der Waals surface area contributed by atoms with Crippen LogP contribution in [-0.2, 0) is 25.7 Å². The Morgan fingerprint density at radius 2 is 1.89 bits per heavy atom. The summed E-state index contributed by atoms with van der Waals surface area (Å²) in [6.07, 6.45) is 3.78. The average Bonchev–Trinajstić information content (AvgIpc) is 2.62. The van der Waals surface area contributed by atoms with Gasteiger partial charge in [-0.3, -0.25) is 19.2 Å². The summed E-state index contributed by atoms with van der Waals surface area (Å²) in [5, 5.41) is 10.8. The molecular formula is C20H24N2O6. The van der Waals surface area contributed by atoms with E-state index in [0.717, 1.165) is 17.9 Å². The highest BCUT2D eigenvalue weighted by Gasteiger charge is 2.40. The van der Waals surface area contributed by atoms with Crippen molar-refractivity contribution in [1.82, 2.24) is 10.2 Å². The number of piperidine rings is 1. The van der Waals surface area contributed by atoms with Crippen LogP contribution in [0.5, 0.6) is 5.75 Å². The lowest BCUT2D eigenvalue weighted by Gasteiger charge is -2.30. The van der Waals surface area contributed by atoms with Crippen molar-refractivity contribution >= 4 is 23.6 Å². The predicted octanol–water partition coefficient (Wildman–Crippen LogP) is 0.984. The van der Waals surface area contributed by atoms with Gasteiger partial charge in [0.2, 0.25) is 11.8 Å². The molecule has 1 saturated carbocycles. The Hall–Kier alpha value is -2.90. The Kier molecular flexibility index (Phi) is 6.28. The molecule has 1 aromatic rings. The Bertz CT molecular complexity index is 756. The largest absolute Gasteiger partial charge is 0.493 e. The van der Waals surface area contributed by atoms with Crippen molar-refractivity contribution in [3.8, 4) is 5.75 Å². The zero-order chi connectivity index (χ0) is 20.1. The topological polar surface area (TPSA) is 113 Å². The first kappa shape index (κ1) is 19.9. The maximum absolute atomic E-state index is 12.6. The summed E-state index contributed by atoms with van der Waals surface area (Å²) in [6.45, 7) is 0.607. The van der Waals surface area contributed by atoms with Gasteiger partial charge in [-0.05, 0) is 36.5 Å². The number of nitrogens with zero attached hydrogens (tertiary/aromatic N) is 1. The average molecular weight is 388 g/mol. The molecule has 1 aromatic carbocycles.